The summed E-state index contributed by atoms with van der Waals surface area (Å²) in [5, 5.41) is 3.21. The Balaban J connectivity index is 1.93. The molecule has 3 aromatic carbocycles. The molecule has 1 amide bonds. The van der Waals surface area contributed by atoms with Gasteiger partial charge in [-0.05, 0) is 34.9 Å². The first-order chi connectivity index (χ1) is 12.7. The summed E-state index contributed by atoms with van der Waals surface area (Å²) in [7, 11) is 1.65. The van der Waals surface area contributed by atoms with E-state index < -0.39 is 5.54 Å². The molecular weight excluding hydrogens is 322 g/mol. The van der Waals surface area contributed by atoms with E-state index in [-0.39, 0.29) is 5.91 Å². The van der Waals surface area contributed by atoms with Gasteiger partial charge in [0.25, 0.3) is 5.91 Å². The molecule has 0 aromatic heterocycles. The summed E-state index contributed by atoms with van der Waals surface area (Å²) in [5.41, 5.74) is 2.83. The molecule has 26 heavy (non-hydrogen) atoms. The summed E-state index contributed by atoms with van der Waals surface area (Å²) in [6.07, 6.45) is 2.02. The predicted molar refractivity (Wildman–Crippen MR) is 103 cm³/mol. The van der Waals surface area contributed by atoms with Gasteiger partial charge in [0.2, 0.25) is 0 Å². The molecule has 0 aliphatic carbocycles. The lowest BCUT2D eigenvalue weighted by atomic mass is 9.83. The number of rotatable bonds is 4. The second-order valence-corrected chi connectivity index (χ2v) is 6.28. The van der Waals surface area contributed by atoms with Crippen molar-refractivity contribution in [2.75, 3.05) is 7.11 Å². The van der Waals surface area contributed by atoms with E-state index in [0.717, 1.165) is 22.4 Å². The van der Waals surface area contributed by atoms with Crippen LogP contribution in [0.5, 0.6) is 5.75 Å². The first kappa shape index (κ1) is 16.2. The lowest BCUT2D eigenvalue weighted by Crippen LogP contribution is -2.40. The molecule has 4 rings (SSSR count). The Hall–Kier alpha value is -3.33. The van der Waals surface area contributed by atoms with Crippen molar-refractivity contribution in [1.29, 1.82) is 0 Å². The quantitative estimate of drug-likeness (QED) is 0.774. The number of nitrogens with one attached hydrogen (secondary N) is 1. The van der Waals surface area contributed by atoms with Gasteiger partial charge in [0.15, 0.2) is 0 Å². The fourth-order valence-electron chi connectivity index (χ4n) is 3.44. The minimum atomic E-state index is -0.724. The van der Waals surface area contributed by atoms with Crippen molar-refractivity contribution in [3.05, 3.63) is 108 Å². The Labute approximate surface area is 152 Å². The van der Waals surface area contributed by atoms with Crippen LogP contribution in [0.3, 0.4) is 0 Å². The maximum Gasteiger partial charge on any atom is 0.252 e. The third-order valence-electron chi connectivity index (χ3n) is 4.76. The van der Waals surface area contributed by atoms with E-state index in [1.165, 1.54) is 0 Å². The number of amides is 1. The lowest BCUT2D eigenvalue weighted by Gasteiger charge is -2.29. The van der Waals surface area contributed by atoms with Crippen LogP contribution < -0.4 is 10.1 Å². The van der Waals surface area contributed by atoms with E-state index in [0.29, 0.717) is 5.57 Å². The normalized spacial score (nSPS) is 19.0. The monoisotopic (exact) mass is 341 g/mol. The van der Waals surface area contributed by atoms with Gasteiger partial charge in [-0.3, -0.25) is 4.79 Å². The van der Waals surface area contributed by atoms with Gasteiger partial charge >= 0.3 is 0 Å². The largest absolute Gasteiger partial charge is 0.497 e. The molecule has 0 saturated heterocycles. The second-order valence-electron chi connectivity index (χ2n) is 6.28. The van der Waals surface area contributed by atoms with Gasteiger partial charge in [-0.2, -0.15) is 0 Å². The van der Waals surface area contributed by atoms with Crippen LogP contribution in [0.4, 0.5) is 0 Å². The van der Waals surface area contributed by atoms with Crippen LogP contribution in [-0.4, -0.2) is 13.0 Å². The molecule has 128 valence electrons. The molecule has 3 aromatic rings. The Morgan fingerprint density at radius 3 is 2.15 bits per heavy atom. The Bertz CT molecular complexity index is 964. The molecular formula is C23H19NO2. The highest BCUT2D eigenvalue weighted by Gasteiger charge is 2.41. The molecule has 0 bridgehead atoms. The number of carbonyl (C=O) groups excluding carboxylic acids is 1. The smallest absolute Gasteiger partial charge is 0.252 e. The van der Waals surface area contributed by atoms with Crippen LogP contribution >= 0.6 is 0 Å². The molecule has 1 heterocycles. The van der Waals surface area contributed by atoms with E-state index in [4.69, 9.17) is 4.74 Å². The molecule has 0 spiro atoms. The minimum absolute atomic E-state index is 0.0807. The number of carbonyl (C=O) groups is 1. The molecule has 3 nitrogen and oxygen atoms in total. The molecule has 0 saturated carbocycles. The van der Waals surface area contributed by atoms with E-state index >= 15 is 0 Å². The van der Waals surface area contributed by atoms with Crippen molar-refractivity contribution < 1.29 is 9.53 Å². The fraction of sp³-hybridized carbons (Fsp3) is 0.0870. The van der Waals surface area contributed by atoms with Crippen molar-refractivity contribution in [1.82, 2.24) is 5.32 Å². The zero-order valence-corrected chi connectivity index (χ0v) is 14.5. The zero-order valence-electron chi connectivity index (χ0n) is 14.5. The highest BCUT2D eigenvalue weighted by Crippen LogP contribution is 2.39. The standard InChI is InChI=1S/C23H19NO2/c1-26-20-14-8-13-19(15-20)23(18-11-6-3-7-12-18)16-21(22(25)24-23)17-9-4-2-5-10-17/h2-16H,1H3,(H,24,25). The average molecular weight is 341 g/mol. The lowest BCUT2D eigenvalue weighted by molar-refractivity contribution is -0.115. The van der Waals surface area contributed by atoms with Crippen LogP contribution in [0.1, 0.15) is 16.7 Å². The number of ether oxygens (including phenoxy) is 1. The number of methoxy groups -OCH3 is 1. The minimum Gasteiger partial charge on any atom is -0.497 e. The van der Waals surface area contributed by atoms with Crippen molar-refractivity contribution in [3.63, 3.8) is 0 Å². The summed E-state index contributed by atoms with van der Waals surface area (Å²) in [6, 6.07) is 27.6. The Morgan fingerprint density at radius 2 is 1.46 bits per heavy atom. The summed E-state index contributed by atoms with van der Waals surface area (Å²) >= 11 is 0. The third-order valence-corrected chi connectivity index (χ3v) is 4.76. The number of hydrogen-bond donors (Lipinski definition) is 1. The topological polar surface area (TPSA) is 38.3 Å². The Morgan fingerprint density at radius 1 is 0.808 bits per heavy atom. The van der Waals surface area contributed by atoms with Crippen LogP contribution in [0, 0.1) is 0 Å². The fourth-order valence-corrected chi connectivity index (χ4v) is 3.44. The average Bonchev–Trinajstić information content (AvgIpc) is 3.08. The van der Waals surface area contributed by atoms with E-state index in [1.807, 2.05) is 91.0 Å². The van der Waals surface area contributed by atoms with Crippen molar-refractivity contribution in [2.45, 2.75) is 5.54 Å². The summed E-state index contributed by atoms with van der Waals surface area (Å²) in [5.74, 6) is 0.677. The van der Waals surface area contributed by atoms with E-state index in [1.54, 1.807) is 7.11 Å². The number of hydrogen-bond acceptors (Lipinski definition) is 2. The Kier molecular flexibility index (Phi) is 4.05. The van der Waals surface area contributed by atoms with Crippen molar-refractivity contribution in [2.24, 2.45) is 0 Å². The summed E-state index contributed by atoms with van der Waals surface area (Å²) in [6.45, 7) is 0. The summed E-state index contributed by atoms with van der Waals surface area (Å²) < 4.78 is 5.40. The van der Waals surface area contributed by atoms with Crippen LogP contribution in [-0.2, 0) is 10.3 Å². The summed E-state index contributed by atoms with van der Waals surface area (Å²) in [4.78, 5) is 12.9. The second kappa shape index (κ2) is 6.52. The van der Waals surface area contributed by atoms with Crippen molar-refractivity contribution >= 4 is 11.5 Å². The maximum atomic E-state index is 12.9. The van der Waals surface area contributed by atoms with Gasteiger partial charge in [-0.15, -0.1) is 0 Å². The van der Waals surface area contributed by atoms with Crippen LogP contribution in [0.15, 0.2) is 91.0 Å². The van der Waals surface area contributed by atoms with Gasteiger partial charge in [0.05, 0.1) is 7.11 Å². The van der Waals surface area contributed by atoms with Gasteiger partial charge in [0.1, 0.15) is 11.3 Å². The molecule has 1 atom stereocenters. The zero-order chi connectivity index (χ0) is 18.0. The third kappa shape index (κ3) is 2.68. The molecule has 1 aliphatic heterocycles. The van der Waals surface area contributed by atoms with Gasteiger partial charge in [-0.25, -0.2) is 0 Å². The molecule has 1 unspecified atom stereocenters. The van der Waals surface area contributed by atoms with Crippen LogP contribution in [0.25, 0.3) is 5.57 Å². The van der Waals surface area contributed by atoms with E-state index in [9.17, 15) is 4.79 Å². The predicted octanol–water partition coefficient (Wildman–Crippen LogP) is 4.15. The van der Waals surface area contributed by atoms with E-state index in [2.05, 4.69) is 5.32 Å². The SMILES string of the molecule is COc1cccc(C2(c3ccccc3)C=C(c3ccccc3)C(=O)N2)c1. The molecule has 1 N–H and O–H groups in total. The molecule has 0 radical (unpaired) electrons. The number of benzene rings is 3. The van der Waals surface area contributed by atoms with Gasteiger partial charge in [-0.1, -0.05) is 72.8 Å². The first-order valence-electron chi connectivity index (χ1n) is 8.54. The molecule has 3 heteroatoms. The maximum absolute atomic E-state index is 12.9. The van der Waals surface area contributed by atoms with Crippen molar-refractivity contribution in [3.8, 4) is 5.75 Å². The first-order valence-corrected chi connectivity index (χ1v) is 8.54. The van der Waals surface area contributed by atoms with Crippen LogP contribution in [0.2, 0.25) is 0 Å². The van der Waals surface area contributed by atoms with Gasteiger partial charge in [0, 0.05) is 5.57 Å². The highest BCUT2D eigenvalue weighted by atomic mass is 16.5. The molecule has 1 aliphatic rings. The highest BCUT2D eigenvalue weighted by molar-refractivity contribution is 6.22. The molecule has 0 fully saturated rings. The van der Waals surface area contributed by atoms with Gasteiger partial charge < -0.3 is 10.1 Å².